The van der Waals surface area contributed by atoms with Crippen molar-refractivity contribution < 1.29 is 13.2 Å². The molecule has 0 aromatic heterocycles. The third-order valence-corrected chi connectivity index (χ3v) is 7.64. The Morgan fingerprint density at radius 1 is 1.15 bits per heavy atom. The standard InChI is InChI=1S/C20H27N3O3S/c1-15-3-2-4-18(13-15)22-20(24)17-9-11-23(12-10-17)27(25,26)19-7-5-16(14-21)6-8-19/h5-8,15,17-18H,2-4,9-13H2,1H3,(H,22,24). The Hall–Kier alpha value is -1.91. The summed E-state index contributed by atoms with van der Waals surface area (Å²) in [4.78, 5) is 12.8. The number of carbonyl (C=O) groups is 1. The van der Waals surface area contributed by atoms with E-state index in [1.54, 1.807) is 0 Å². The van der Waals surface area contributed by atoms with Crippen LogP contribution in [0.3, 0.4) is 0 Å². The average Bonchev–Trinajstić information content (AvgIpc) is 2.68. The first-order chi connectivity index (χ1) is 12.9. The van der Waals surface area contributed by atoms with Gasteiger partial charge in [-0.25, -0.2) is 8.42 Å². The van der Waals surface area contributed by atoms with Gasteiger partial charge in [-0.1, -0.05) is 19.8 Å². The summed E-state index contributed by atoms with van der Waals surface area (Å²) in [6.45, 7) is 2.92. The van der Waals surface area contributed by atoms with Crippen molar-refractivity contribution in [1.82, 2.24) is 9.62 Å². The summed E-state index contributed by atoms with van der Waals surface area (Å²) in [6.07, 6.45) is 5.57. The molecule has 27 heavy (non-hydrogen) atoms. The molecule has 3 rings (SSSR count). The lowest BCUT2D eigenvalue weighted by Crippen LogP contribution is -2.46. The Kier molecular flexibility index (Phi) is 6.18. The molecule has 7 heteroatoms. The van der Waals surface area contributed by atoms with Gasteiger partial charge in [0.15, 0.2) is 0 Å². The predicted octanol–water partition coefficient (Wildman–Crippen LogP) is 2.65. The number of rotatable bonds is 4. The first-order valence-corrected chi connectivity index (χ1v) is 11.1. The molecule has 1 aromatic rings. The number of sulfonamides is 1. The summed E-state index contributed by atoms with van der Waals surface area (Å²) in [5.74, 6) is 0.614. The highest BCUT2D eigenvalue weighted by molar-refractivity contribution is 7.89. The topological polar surface area (TPSA) is 90.3 Å². The summed E-state index contributed by atoms with van der Waals surface area (Å²) >= 11 is 0. The maximum Gasteiger partial charge on any atom is 0.243 e. The van der Waals surface area contributed by atoms with Crippen LogP contribution < -0.4 is 5.32 Å². The second-order valence-electron chi connectivity index (χ2n) is 7.79. The summed E-state index contributed by atoms with van der Waals surface area (Å²) in [5.41, 5.74) is 0.432. The lowest BCUT2D eigenvalue weighted by atomic mass is 9.86. The van der Waals surface area contributed by atoms with Crippen LogP contribution in [0.2, 0.25) is 0 Å². The predicted molar refractivity (Wildman–Crippen MR) is 102 cm³/mol. The Balaban J connectivity index is 1.56. The third kappa shape index (κ3) is 4.69. The van der Waals surface area contributed by atoms with Crippen LogP contribution >= 0.6 is 0 Å². The van der Waals surface area contributed by atoms with Crippen LogP contribution in [-0.2, 0) is 14.8 Å². The van der Waals surface area contributed by atoms with Crippen LogP contribution in [-0.4, -0.2) is 37.8 Å². The molecule has 0 bridgehead atoms. The molecule has 1 aliphatic heterocycles. The van der Waals surface area contributed by atoms with Gasteiger partial charge in [0.05, 0.1) is 16.5 Å². The third-order valence-electron chi connectivity index (χ3n) is 5.73. The summed E-state index contributed by atoms with van der Waals surface area (Å²) < 4.78 is 27.0. The molecule has 2 aliphatic rings. The monoisotopic (exact) mass is 389 g/mol. The molecule has 0 spiro atoms. The van der Waals surface area contributed by atoms with Crippen molar-refractivity contribution in [2.45, 2.75) is 56.4 Å². The molecule has 1 amide bonds. The zero-order valence-corrected chi connectivity index (χ0v) is 16.5. The van der Waals surface area contributed by atoms with E-state index >= 15 is 0 Å². The van der Waals surface area contributed by atoms with Crippen LogP contribution in [0.5, 0.6) is 0 Å². The van der Waals surface area contributed by atoms with E-state index in [0.717, 1.165) is 19.3 Å². The second-order valence-corrected chi connectivity index (χ2v) is 9.73. The molecule has 0 radical (unpaired) electrons. The van der Waals surface area contributed by atoms with Crippen LogP contribution in [0.4, 0.5) is 0 Å². The maximum absolute atomic E-state index is 12.8. The number of piperidine rings is 1. The Morgan fingerprint density at radius 2 is 1.81 bits per heavy atom. The summed E-state index contributed by atoms with van der Waals surface area (Å²) in [7, 11) is -3.58. The minimum atomic E-state index is -3.58. The van der Waals surface area contributed by atoms with Crippen molar-refractivity contribution in [3.8, 4) is 6.07 Å². The molecule has 1 N–H and O–H groups in total. The molecular weight excluding hydrogens is 362 g/mol. The highest BCUT2D eigenvalue weighted by Crippen LogP contribution is 2.26. The van der Waals surface area contributed by atoms with Gasteiger partial charge in [-0.2, -0.15) is 9.57 Å². The van der Waals surface area contributed by atoms with Gasteiger partial charge in [-0.3, -0.25) is 4.79 Å². The second kappa shape index (κ2) is 8.41. The molecular formula is C20H27N3O3S. The zero-order chi connectivity index (χ0) is 19.4. The van der Waals surface area contributed by atoms with Gasteiger partial charge in [-0.15, -0.1) is 0 Å². The normalized spacial score (nSPS) is 24.9. The van der Waals surface area contributed by atoms with Crippen molar-refractivity contribution in [3.05, 3.63) is 29.8 Å². The Labute approximate surface area is 161 Å². The largest absolute Gasteiger partial charge is 0.353 e. The van der Waals surface area contributed by atoms with Gasteiger partial charge in [-0.05, 0) is 55.9 Å². The molecule has 1 saturated heterocycles. The van der Waals surface area contributed by atoms with E-state index < -0.39 is 10.0 Å². The fraction of sp³-hybridized carbons (Fsp3) is 0.600. The number of nitriles is 1. The Bertz CT molecular complexity index is 806. The number of nitrogens with one attached hydrogen (secondary N) is 1. The minimum absolute atomic E-state index is 0.0736. The first-order valence-electron chi connectivity index (χ1n) is 9.71. The van der Waals surface area contributed by atoms with E-state index in [1.165, 1.54) is 35.0 Å². The molecule has 6 nitrogen and oxygen atoms in total. The number of nitrogens with zero attached hydrogens (tertiary/aromatic N) is 2. The van der Waals surface area contributed by atoms with Gasteiger partial charge < -0.3 is 5.32 Å². The fourth-order valence-corrected chi connectivity index (χ4v) is 5.56. The number of carbonyl (C=O) groups excluding carboxylic acids is 1. The van der Waals surface area contributed by atoms with E-state index in [-0.39, 0.29) is 22.8 Å². The molecule has 1 heterocycles. The van der Waals surface area contributed by atoms with Crippen molar-refractivity contribution >= 4 is 15.9 Å². The van der Waals surface area contributed by atoms with Gasteiger partial charge >= 0.3 is 0 Å². The molecule has 2 unspecified atom stereocenters. The summed E-state index contributed by atoms with van der Waals surface area (Å²) in [5, 5.41) is 12.0. The van der Waals surface area contributed by atoms with E-state index in [2.05, 4.69) is 12.2 Å². The van der Waals surface area contributed by atoms with E-state index in [0.29, 0.717) is 37.4 Å². The number of hydrogen-bond donors (Lipinski definition) is 1. The lowest BCUT2D eigenvalue weighted by molar-refractivity contribution is -0.127. The average molecular weight is 390 g/mol. The smallest absolute Gasteiger partial charge is 0.243 e. The SMILES string of the molecule is CC1CCCC(NC(=O)C2CCN(S(=O)(=O)c3ccc(C#N)cc3)CC2)C1. The number of hydrogen-bond acceptors (Lipinski definition) is 4. The van der Waals surface area contributed by atoms with Gasteiger partial charge in [0.25, 0.3) is 0 Å². The molecule has 1 aromatic carbocycles. The van der Waals surface area contributed by atoms with E-state index in [4.69, 9.17) is 5.26 Å². The molecule has 2 fully saturated rings. The molecule has 2 atom stereocenters. The van der Waals surface area contributed by atoms with Gasteiger partial charge in [0.2, 0.25) is 15.9 Å². The fourth-order valence-electron chi connectivity index (χ4n) is 4.09. The maximum atomic E-state index is 12.8. The van der Waals surface area contributed by atoms with E-state index in [1.807, 2.05) is 6.07 Å². The van der Waals surface area contributed by atoms with Gasteiger partial charge in [0, 0.05) is 25.0 Å². The van der Waals surface area contributed by atoms with Gasteiger partial charge in [0.1, 0.15) is 0 Å². The molecule has 146 valence electrons. The first kappa shape index (κ1) is 19.8. The number of amides is 1. The highest BCUT2D eigenvalue weighted by Gasteiger charge is 2.33. The molecule has 1 aliphatic carbocycles. The zero-order valence-electron chi connectivity index (χ0n) is 15.7. The van der Waals surface area contributed by atoms with Crippen molar-refractivity contribution in [2.75, 3.05) is 13.1 Å². The summed E-state index contributed by atoms with van der Waals surface area (Å²) in [6, 6.07) is 8.21. The van der Waals surface area contributed by atoms with Crippen LogP contribution in [0, 0.1) is 23.2 Å². The minimum Gasteiger partial charge on any atom is -0.353 e. The van der Waals surface area contributed by atoms with Crippen molar-refractivity contribution in [3.63, 3.8) is 0 Å². The number of benzene rings is 1. The van der Waals surface area contributed by atoms with Crippen LogP contribution in [0.25, 0.3) is 0 Å². The van der Waals surface area contributed by atoms with E-state index in [9.17, 15) is 13.2 Å². The van der Waals surface area contributed by atoms with Crippen molar-refractivity contribution in [2.24, 2.45) is 11.8 Å². The van der Waals surface area contributed by atoms with Crippen molar-refractivity contribution in [1.29, 1.82) is 5.26 Å². The quantitative estimate of drug-likeness (QED) is 0.857. The van der Waals surface area contributed by atoms with Crippen LogP contribution in [0.1, 0.15) is 51.0 Å². The lowest BCUT2D eigenvalue weighted by Gasteiger charge is -2.33. The molecule has 1 saturated carbocycles. The Morgan fingerprint density at radius 3 is 2.41 bits per heavy atom. The van der Waals surface area contributed by atoms with Crippen LogP contribution in [0.15, 0.2) is 29.2 Å². The highest BCUT2D eigenvalue weighted by atomic mass is 32.2.